The maximum atomic E-state index is 5.49. The highest BCUT2D eigenvalue weighted by molar-refractivity contribution is 8.00. The van der Waals surface area contributed by atoms with Crippen molar-refractivity contribution >= 4 is 11.8 Å². The summed E-state index contributed by atoms with van der Waals surface area (Å²) in [5, 5.41) is 0.464. The normalized spacial score (nSPS) is 13.4. The molecule has 1 aromatic heterocycles. The lowest BCUT2D eigenvalue weighted by Gasteiger charge is -2.05. The summed E-state index contributed by atoms with van der Waals surface area (Å²) in [6.45, 7) is 4.78. The summed E-state index contributed by atoms with van der Waals surface area (Å²) >= 11 is 1.76. The van der Waals surface area contributed by atoms with E-state index in [2.05, 4.69) is 6.92 Å². The van der Waals surface area contributed by atoms with Gasteiger partial charge in [-0.1, -0.05) is 6.92 Å². The Kier molecular flexibility index (Phi) is 3.02. The lowest BCUT2D eigenvalue weighted by Crippen LogP contribution is -2.12. The number of hydrogen-bond acceptors (Lipinski definition) is 3. The number of nitrogens with two attached hydrogens (primary N) is 1. The summed E-state index contributed by atoms with van der Waals surface area (Å²) in [6.07, 6.45) is 1.71. The number of thioether (sulfide) groups is 1. The molecular weight excluding hydrogens is 158 g/mol. The van der Waals surface area contributed by atoms with Crippen LogP contribution < -0.4 is 5.73 Å². The molecule has 0 saturated heterocycles. The Morgan fingerprint density at radius 2 is 2.45 bits per heavy atom. The molecule has 0 fully saturated rings. The van der Waals surface area contributed by atoms with E-state index in [1.807, 2.05) is 13.0 Å². The van der Waals surface area contributed by atoms with Gasteiger partial charge in [0.15, 0.2) is 0 Å². The molecule has 0 radical (unpaired) electrons. The van der Waals surface area contributed by atoms with Gasteiger partial charge in [0.05, 0.1) is 6.26 Å². The van der Waals surface area contributed by atoms with Gasteiger partial charge >= 0.3 is 0 Å². The molecule has 2 nitrogen and oxygen atoms in total. The first-order valence-electron chi connectivity index (χ1n) is 3.65. The van der Waals surface area contributed by atoms with Gasteiger partial charge in [-0.05, 0) is 13.0 Å². The van der Waals surface area contributed by atoms with Crippen molar-refractivity contribution in [2.45, 2.75) is 24.0 Å². The van der Waals surface area contributed by atoms with Gasteiger partial charge < -0.3 is 10.2 Å². The minimum absolute atomic E-state index is 0.464. The Hall–Kier alpha value is -0.410. The van der Waals surface area contributed by atoms with Crippen molar-refractivity contribution < 1.29 is 4.42 Å². The fraction of sp³-hybridized carbons (Fsp3) is 0.500. The first kappa shape index (κ1) is 8.68. The molecule has 0 spiro atoms. The van der Waals surface area contributed by atoms with Crippen LogP contribution in [0.2, 0.25) is 0 Å². The Balaban J connectivity index is 2.56. The van der Waals surface area contributed by atoms with E-state index in [1.165, 1.54) is 4.90 Å². The Morgan fingerprint density at radius 3 is 2.91 bits per heavy atom. The topological polar surface area (TPSA) is 39.2 Å². The van der Waals surface area contributed by atoms with Gasteiger partial charge in [-0.2, -0.15) is 0 Å². The monoisotopic (exact) mass is 171 g/mol. The summed E-state index contributed by atoms with van der Waals surface area (Å²) in [6, 6.07) is 1.98. The van der Waals surface area contributed by atoms with Crippen LogP contribution in [-0.4, -0.2) is 11.8 Å². The first-order valence-corrected chi connectivity index (χ1v) is 4.53. The summed E-state index contributed by atoms with van der Waals surface area (Å²) < 4.78 is 5.15. The summed E-state index contributed by atoms with van der Waals surface area (Å²) in [5.41, 5.74) is 5.49. The van der Waals surface area contributed by atoms with E-state index in [9.17, 15) is 0 Å². The second-order valence-electron chi connectivity index (χ2n) is 2.51. The molecule has 0 aliphatic carbocycles. The smallest absolute Gasteiger partial charge is 0.114 e. The predicted octanol–water partition coefficient (Wildman–Crippen LogP) is 2.03. The fourth-order valence-corrected chi connectivity index (χ4v) is 1.64. The molecule has 0 bridgehead atoms. The third-order valence-electron chi connectivity index (χ3n) is 1.47. The third kappa shape index (κ3) is 2.27. The molecule has 2 N–H and O–H groups in total. The molecule has 0 aromatic carbocycles. The van der Waals surface area contributed by atoms with Gasteiger partial charge in [0, 0.05) is 16.7 Å². The molecule has 0 aliphatic rings. The van der Waals surface area contributed by atoms with Crippen molar-refractivity contribution in [3.8, 4) is 0 Å². The maximum Gasteiger partial charge on any atom is 0.114 e. The molecule has 0 saturated carbocycles. The average Bonchev–Trinajstić information content (AvgIpc) is 2.37. The van der Waals surface area contributed by atoms with Crippen LogP contribution in [0.1, 0.15) is 12.7 Å². The highest BCUT2D eigenvalue weighted by Crippen LogP contribution is 2.26. The Morgan fingerprint density at radius 1 is 1.73 bits per heavy atom. The highest BCUT2D eigenvalue weighted by Gasteiger charge is 2.05. The first-order chi connectivity index (χ1) is 5.24. The SMILES string of the molecule is Cc1occc1SC(C)CN. The lowest BCUT2D eigenvalue weighted by molar-refractivity contribution is 0.527. The van der Waals surface area contributed by atoms with Crippen molar-refractivity contribution in [1.29, 1.82) is 0 Å². The Bertz CT molecular complexity index is 222. The summed E-state index contributed by atoms with van der Waals surface area (Å²) in [4.78, 5) is 1.20. The summed E-state index contributed by atoms with van der Waals surface area (Å²) in [7, 11) is 0. The van der Waals surface area contributed by atoms with Crippen LogP contribution in [-0.2, 0) is 0 Å². The van der Waals surface area contributed by atoms with Crippen LogP contribution in [0.25, 0.3) is 0 Å². The van der Waals surface area contributed by atoms with Gasteiger partial charge in [0.2, 0.25) is 0 Å². The number of aryl methyl sites for hydroxylation is 1. The predicted molar refractivity (Wildman–Crippen MR) is 47.8 cm³/mol. The Labute approximate surface area is 71.1 Å². The molecule has 0 aliphatic heterocycles. The van der Waals surface area contributed by atoms with Gasteiger partial charge in [-0.3, -0.25) is 0 Å². The number of rotatable bonds is 3. The molecule has 0 amide bonds. The molecule has 1 unspecified atom stereocenters. The lowest BCUT2D eigenvalue weighted by atomic mass is 10.5. The van der Waals surface area contributed by atoms with Crippen LogP contribution in [0, 0.1) is 6.92 Å². The van der Waals surface area contributed by atoms with Crippen molar-refractivity contribution in [3.63, 3.8) is 0 Å². The second kappa shape index (κ2) is 3.83. The molecule has 1 atom stereocenters. The highest BCUT2D eigenvalue weighted by atomic mass is 32.2. The molecule has 3 heteroatoms. The zero-order valence-electron chi connectivity index (χ0n) is 6.83. The van der Waals surface area contributed by atoms with E-state index in [0.717, 1.165) is 5.76 Å². The molecular formula is C8H13NOS. The van der Waals surface area contributed by atoms with E-state index in [1.54, 1.807) is 18.0 Å². The minimum Gasteiger partial charge on any atom is -0.468 e. The van der Waals surface area contributed by atoms with Crippen LogP contribution in [0.4, 0.5) is 0 Å². The van der Waals surface area contributed by atoms with E-state index < -0.39 is 0 Å². The maximum absolute atomic E-state index is 5.49. The fourth-order valence-electron chi connectivity index (χ4n) is 0.760. The van der Waals surface area contributed by atoms with Crippen molar-refractivity contribution in [3.05, 3.63) is 18.1 Å². The van der Waals surface area contributed by atoms with E-state index in [4.69, 9.17) is 10.2 Å². The van der Waals surface area contributed by atoms with E-state index >= 15 is 0 Å². The van der Waals surface area contributed by atoms with Gasteiger partial charge in [0.1, 0.15) is 5.76 Å². The van der Waals surface area contributed by atoms with Crippen LogP contribution in [0.5, 0.6) is 0 Å². The van der Waals surface area contributed by atoms with Gasteiger partial charge in [-0.15, -0.1) is 11.8 Å². The molecule has 1 heterocycles. The summed E-state index contributed by atoms with van der Waals surface area (Å²) in [5.74, 6) is 0.982. The van der Waals surface area contributed by atoms with Crippen LogP contribution >= 0.6 is 11.8 Å². The van der Waals surface area contributed by atoms with Crippen LogP contribution in [0.15, 0.2) is 21.6 Å². The standard InChI is InChI=1S/C8H13NOS/c1-6(5-9)11-8-3-4-10-7(8)2/h3-4,6H,5,9H2,1-2H3. The van der Waals surface area contributed by atoms with E-state index in [0.29, 0.717) is 11.8 Å². The van der Waals surface area contributed by atoms with E-state index in [-0.39, 0.29) is 0 Å². The minimum atomic E-state index is 0.464. The van der Waals surface area contributed by atoms with Crippen molar-refractivity contribution in [2.75, 3.05) is 6.54 Å². The molecule has 62 valence electrons. The molecule has 11 heavy (non-hydrogen) atoms. The van der Waals surface area contributed by atoms with Gasteiger partial charge in [0.25, 0.3) is 0 Å². The third-order valence-corrected chi connectivity index (χ3v) is 2.74. The average molecular weight is 171 g/mol. The molecule has 1 rings (SSSR count). The van der Waals surface area contributed by atoms with Crippen molar-refractivity contribution in [2.24, 2.45) is 5.73 Å². The largest absolute Gasteiger partial charge is 0.468 e. The van der Waals surface area contributed by atoms with Gasteiger partial charge in [-0.25, -0.2) is 0 Å². The quantitative estimate of drug-likeness (QED) is 0.707. The van der Waals surface area contributed by atoms with Crippen LogP contribution in [0.3, 0.4) is 0 Å². The zero-order valence-corrected chi connectivity index (χ0v) is 7.65. The number of hydrogen-bond donors (Lipinski definition) is 1. The zero-order chi connectivity index (χ0) is 8.27. The number of furan rings is 1. The molecule has 1 aromatic rings. The van der Waals surface area contributed by atoms with Crippen molar-refractivity contribution in [1.82, 2.24) is 0 Å². The second-order valence-corrected chi connectivity index (χ2v) is 3.99.